The zero-order valence-corrected chi connectivity index (χ0v) is 10.0. The van der Waals surface area contributed by atoms with Gasteiger partial charge in [0.2, 0.25) is 0 Å². The summed E-state index contributed by atoms with van der Waals surface area (Å²) < 4.78 is 50.5. The Morgan fingerprint density at radius 3 is 2.33 bits per heavy atom. The number of benzene rings is 1. The van der Waals surface area contributed by atoms with Gasteiger partial charge in [-0.05, 0) is 37.6 Å². The number of rotatable bonds is 3. The van der Waals surface area contributed by atoms with Gasteiger partial charge in [0.05, 0.1) is 11.1 Å². The predicted molar refractivity (Wildman–Crippen MR) is 61.2 cm³/mol. The average Bonchev–Trinajstić information content (AvgIpc) is 2.25. The second-order valence-electron chi connectivity index (χ2n) is 4.47. The lowest BCUT2D eigenvalue weighted by molar-refractivity contribution is -0.137. The molecule has 0 spiro atoms. The Morgan fingerprint density at radius 2 is 1.83 bits per heavy atom. The van der Waals surface area contributed by atoms with Crippen LogP contribution in [0.15, 0.2) is 18.2 Å². The number of hydrogen-bond donors (Lipinski definition) is 1. The first-order valence-electron chi connectivity index (χ1n) is 5.23. The van der Waals surface area contributed by atoms with Crippen molar-refractivity contribution in [2.75, 3.05) is 0 Å². The van der Waals surface area contributed by atoms with Gasteiger partial charge in [0.15, 0.2) is 0 Å². The Kier molecular flexibility index (Phi) is 4.02. The number of halogens is 4. The Balaban J connectivity index is 2.92. The summed E-state index contributed by atoms with van der Waals surface area (Å²) >= 11 is 0. The molecule has 0 aliphatic carbocycles. The molecule has 0 bridgehead atoms. The van der Waals surface area contributed by atoms with Gasteiger partial charge in [0.25, 0.3) is 0 Å². The molecule has 0 unspecified atom stereocenters. The Hall–Kier alpha value is -1.54. The molecule has 0 amide bonds. The molecule has 1 rings (SSSR count). The Morgan fingerprint density at radius 1 is 1.22 bits per heavy atom. The second-order valence-corrected chi connectivity index (χ2v) is 4.47. The summed E-state index contributed by atoms with van der Waals surface area (Å²) in [6, 6.07) is 2.42. The molecule has 1 N–H and O–H groups in total. The average molecular weight is 259 g/mol. The van der Waals surface area contributed by atoms with Gasteiger partial charge in [-0.25, -0.2) is 4.39 Å². The normalized spacial score (nSPS) is 12.3. The fourth-order valence-corrected chi connectivity index (χ4v) is 1.29. The van der Waals surface area contributed by atoms with E-state index in [4.69, 9.17) is 6.42 Å². The number of alkyl halides is 3. The standard InChI is InChI=1S/C13H13F4N/c1-4-12(2,3)18-8-9-5-10(13(15,16)17)7-11(14)6-9/h1,5-7,18H,8H2,2-3H3. The molecule has 0 aliphatic heterocycles. The molecule has 1 aromatic carbocycles. The van der Waals surface area contributed by atoms with Crippen molar-refractivity contribution in [3.63, 3.8) is 0 Å². The van der Waals surface area contributed by atoms with Crippen LogP contribution >= 0.6 is 0 Å². The summed E-state index contributed by atoms with van der Waals surface area (Å²) in [5, 5.41) is 2.86. The van der Waals surface area contributed by atoms with Crippen LogP contribution in [0.3, 0.4) is 0 Å². The molecule has 0 radical (unpaired) electrons. The van der Waals surface area contributed by atoms with E-state index >= 15 is 0 Å². The molecule has 0 aliphatic rings. The van der Waals surface area contributed by atoms with Crippen molar-refractivity contribution in [2.45, 2.75) is 32.1 Å². The monoisotopic (exact) mass is 259 g/mol. The smallest absolute Gasteiger partial charge is 0.298 e. The minimum absolute atomic E-state index is 0.0675. The van der Waals surface area contributed by atoms with Gasteiger partial charge >= 0.3 is 6.18 Å². The van der Waals surface area contributed by atoms with Crippen molar-refractivity contribution in [1.82, 2.24) is 5.32 Å². The van der Waals surface area contributed by atoms with E-state index in [0.29, 0.717) is 6.07 Å². The van der Waals surface area contributed by atoms with Gasteiger partial charge in [0, 0.05) is 6.54 Å². The highest BCUT2D eigenvalue weighted by atomic mass is 19.4. The van der Waals surface area contributed by atoms with Crippen molar-refractivity contribution < 1.29 is 17.6 Å². The van der Waals surface area contributed by atoms with E-state index in [-0.39, 0.29) is 12.1 Å². The Labute approximate surface area is 103 Å². The highest BCUT2D eigenvalue weighted by Gasteiger charge is 2.31. The van der Waals surface area contributed by atoms with E-state index in [9.17, 15) is 17.6 Å². The lowest BCUT2D eigenvalue weighted by Gasteiger charge is -2.20. The maximum Gasteiger partial charge on any atom is 0.416 e. The third-order valence-electron chi connectivity index (χ3n) is 2.38. The Bertz CT molecular complexity index is 469. The molecule has 1 nitrogen and oxygen atoms in total. The molecule has 5 heteroatoms. The number of nitrogens with one attached hydrogen (secondary N) is 1. The van der Waals surface area contributed by atoms with Gasteiger partial charge < -0.3 is 0 Å². The first-order valence-corrected chi connectivity index (χ1v) is 5.23. The first-order chi connectivity index (χ1) is 8.14. The lowest BCUT2D eigenvalue weighted by atomic mass is 10.1. The van der Waals surface area contributed by atoms with Crippen molar-refractivity contribution in [3.8, 4) is 12.3 Å². The van der Waals surface area contributed by atoms with Crippen LogP contribution in [0.25, 0.3) is 0 Å². The molecule has 0 saturated carbocycles. The summed E-state index contributed by atoms with van der Waals surface area (Å²) in [6.45, 7) is 3.48. The highest BCUT2D eigenvalue weighted by Crippen LogP contribution is 2.30. The van der Waals surface area contributed by atoms with Crippen molar-refractivity contribution >= 4 is 0 Å². The van der Waals surface area contributed by atoms with Crippen molar-refractivity contribution in [1.29, 1.82) is 0 Å². The molecule has 1 aromatic rings. The second kappa shape index (κ2) is 4.99. The highest BCUT2D eigenvalue weighted by molar-refractivity contribution is 5.27. The maximum absolute atomic E-state index is 13.1. The molecular weight excluding hydrogens is 246 g/mol. The lowest BCUT2D eigenvalue weighted by Crippen LogP contribution is -2.37. The van der Waals surface area contributed by atoms with Gasteiger partial charge in [-0.3, -0.25) is 5.32 Å². The summed E-state index contributed by atoms with van der Waals surface area (Å²) in [4.78, 5) is 0. The zero-order chi connectivity index (χ0) is 14.0. The third kappa shape index (κ3) is 4.04. The van der Waals surface area contributed by atoms with Crippen molar-refractivity contribution in [3.05, 3.63) is 35.1 Å². The summed E-state index contributed by atoms with van der Waals surface area (Å²) in [7, 11) is 0. The van der Waals surface area contributed by atoms with E-state index in [1.165, 1.54) is 0 Å². The summed E-state index contributed by atoms with van der Waals surface area (Å²) in [6.07, 6.45) is 0.676. The zero-order valence-electron chi connectivity index (χ0n) is 10.0. The molecule has 0 atom stereocenters. The SMILES string of the molecule is C#CC(C)(C)NCc1cc(F)cc(C(F)(F)F)c1. The van der Waals surface area contributed by atoms with Crippen LogP contribution < -0.4 is 5.32 Å². The largest absolute Gasteiger partial charge is 0.416 e. The minimum atomic E-state index is -4.56. The van der Waals surface area contributed by atoms with Crippen LogP contribution in [0.5, 0.6) is 0 Å². The minimum Gasteiger partial charge on any atom is -0.298 e. The molecule has 0 heterocycles. The molecular formula is C13H13F4N. The molecule has 0 aromatic heterocycles. The van der Waals surface area contributed by atoms with E-state index in [0.717, 1.165) is 12.1 Å². The molecule has 0 saturated heterocycles. The van der Waals surface area contributed by atoms with Gasteiger partial charge in [-0.1, -0.05) is 5.92 Å². The fraction of sp³-hybridized carbons (Fsp3) is 0.385. The van der Waals surface area contributed by atoms with Crippen LogP contribution in [-0.4, -0.2) is 5.54 Å². The van der Waals surface area contributed by atoms with E-state index in [1.807, 2.05) is 0 Å². The van der Waals surface area contributed by atoms with Gasteiger partial charge in [-0.15, -0.1) is 6.42 Å². The number of hydrogen-bond acceptors (Lipinski definition) is 1. The van der Waals surface area contributed by atoms with E-state index in [2.05, 4.69) is 11.2 Å². The fourth-order valence-electron chi connectivity index (χ4n) is 1.29. The van der Waals surface area contributed by atoms with Crippen LogP contribution in [-0.2, 0) is 12.7 Å². The molecule has 18 heavy (non-hydrogen) atoms. The summed E-state index contributed by atoms with van der Waals surface area (Å²) in [5.74, 6) is 1.53. The van der Waals surface area contributed by atoms with Gasteiger partial charge in [0.1, 0.15) is 5.82 Å². The van der Waals surface area contributed by atoms with Gasteiger partial charge in [-0.2, -0.15) is 13.2 Å². The van der Waals surface area contributed by atoms with Crippen LogP contribution in [0.1, 0.15) is 25.0 Å². The van der Waals surface area contributed by atoms with Crippen LogP contribution in [0, 0.1) is 18.2 Å². The van der Waals surface area contributed by atoms with Crippen LogP contribution in [0.2, 0.25) is 0 Å². The van der Waals surface area contributed by atoms with Crippen LogP contribution in [0.4, 0.5) is 17.6 Å². The first kappa shape index (κ1) is 14.5. The quantitative estimate of drug-likeness (QED) is 0.648. The van der Waals surface area contributed by atoms with E-state index < -0.39 is 23.1 Å². The maximum atomic E-state index is 13.1. The predicted octanol–water partition coefficient (Wildman–Crippen LogP) is 3.35. The number of terminal acetylenes is 1. The molecule has 0 fully saturated rings. The topological polar surface area (TPSA) is 12.0 Å². The summed E-state index contributed by atoms with van der Waals surface area (Å²) in [5.41, 5.74) is -1.46. The van der Waals surface area contributed by atoms with Crippen molar-refractivity contribution in [2.24, 2.45) is 0 Å². The van der Waals surface area contributed by atoms with E-state index in [1.54, 1.807) is 13.8 Å². The molecule has 98 valence electrons. The third-order valence-corrected chi connectivity index (χ3v) is 2.38.